The molecule has 0 unspecified atom stereocenters. The summed E-state index contributed by atoms with van der Waals surface area (Å²) in [6.07, 6.45) is 0.742. The molecule has 1 aromatic heterocycles. The third-order valence-electron chi connectivity index (χ3n) is 2.50. The Balaban J connectivity index is 2.27. The molecule has 0 amide bonds. The molecule has 96 valence electrons. The molecule has 0 saturated heterocycles. The molecule has 4 nitrogen and oxygen atoms in total. The normalized spacial score (nSPS) is 11.7. The lowest BCUT2D eigenvalue weighted by molar-refractivity contribution is 0.194. The lowest BCUT2D eigenvalue weighted by Gasteiger charge is -2.08. The van der Waals surface area contributed by atoms with E-state index in [4.69, 9.17) is 10.00 Å². The summed E-state index contributed by atoms with van der Waals surface area (Å²) in [7, 11) is 0. The average molecular weight is 258 g/mol. The van der Waals surface area contributed by atoms with Crippen LogP contribution < -0.4 is 4.74 Å². The molecule has 0 saturated carbocycles. The van der Waals surface area contributed by atoms with Crippen molar-refractivity contribution < 1.29 is 14.2 Å². The first-order valence-corrected chi connectivity index (χ1v) is 5.62. The fourth-order valence-corrected chi connectivity index (χ4v) is 1.52. The minimum Gasteiger partial charge on any atom is -0.454 e. The number of pyridine rings is 1. The van der Waals surface area contributed by atoms with Crippen molar-refractivity contribution in [1.82, 2.24) is 4.98 Å². The van der Waals surface area contributed by atoms with E-state index < -0.39 is 11.9 Å². The van der Waals surface area contributed by atoms with E-state index in [2.05, 4.69) is 4.98 Å². The van der Waals surface area contributed by atoms with E-state index in [-0.39, 0.29) is 11.3 Å². The zero-order valence-electron chi connectivity index (χ0n) is 10.2. The molecule has 1 heterocycles. The average Bonchev–Trinajstić information content (AvgIpc) is 2.39. The molecular weight excluding hydrogens is 247 g/mol. The summed E-state index contributed by atoms with van der Waals surface area (Å²) in [6, 6.07) is 9.11. The number of hydrogen-bond acceptors (Lipinski definition) is 4. The van der Waals surface area contributed by atoms with Gasteiger partial charge in [-0.05, 0) is 31.2 Å². The summed E-state index contributed by atoms with van der Waals surface area (Å²) in [5.74, 6) is -0.130. The number of nitriles is 1. The van der Waals surface area contributed by atoms with Crippen LogP contribution in [-0.4, -0.2) is 10.1 Å². The molecule has 5 heteroatoms. The van der Waals surface area contributed by atoms with Gasteiger partial charge in [0.15, 0.2) is 0 Å². The molecule has 19 heavy (non-hydrogen) atoms. The Bertz CT molecular complexity index is 618. The van der Waals surface area contributed by atoms with E-state index >= 15 is 0 Å². The van der Waals surface area contributed by atoms with Crippen LogP contribution in [0.15, 0.2) is 36.5 Å². The number of ether oxygens (including phenoxy) is 1. The molecule has 0 fully saturated rings. The van der Waals surface area contributed by atoms with Crippen molar-refractivity contribution in [1.29, 1.82) is 5.26 Å². The van der Waals surface area contributed by atoms with Crippen molar-refractivity contribution >= 4 is 0 Å². The molecule has 0 aliphatic carbocycles. The van der Waals surface area contributed by atoms with Crippen molar-refractivity contribution in [3.05, 3.63) is 53.6 Å². The molecular formula is C14H11FN2O2. The fourth-order valence-electron chi connectivity index (χ4n) is 1.52. The number of aliphatic hydroxyl groups excluding tert-OH is 1. The minimum atomic E-state index is -0.669. The maximum atomic E-state index is 13.4. The quantitative estimate of drug-likeness (QED) is 0.919. The van der Waals surface area contributed by atoms with Crippen LogP contribution in [0, 0.1) is 17.1 Å². The number of aromatic nitrogens is 1. The van der Waals surface area contributed by atoms with Gasteiger partial charge in [-0.15, -0.1) is 0 Å². The molecule has 2 aromatic rings. The van der Waals surface area contributed by atoms with Crippen LogP contribution in [-0.2, 0) is 0 Å². The Morgan fingerprint density at radius 1 is 1.37 bits per heavy atom. The SMILES string of the molecule is C[C@H](O)c1ccc(Oc2cccc(F)c2C#N)cn1. The molecule has 0 aliphatic rings. The van der Waals surface area contributed by atoms with E-state index in [9.17, 15) is 9.50 Å². The third-order valence-corrected chi connectivity index (χ3v) is 2.50. The zero-order chi connectivity index (χ0) is 13.8. The second kappa shape index (κ2) is 5.46. The number of rotatable bonds is 3. The second-order valence-electron chi connectivity index (χ2n) is 3.92. The summed E-state index contributed by atoms with van der Waals surface area (Å²) in [6.45, 7) is 1.60. The molecule has 0 bridgehead atoms. The van der Waals surface area contributed by atoms with Gasteiger partial charge in [0.25, 0.3) is 0 Å². The molecule has 0 aliphatic heterocycles. The summed E-state index contributed by atoms with van der Waals surface area (Å²) in [5, 5.41) is 18.2. The highest BCUT2D eigenvalue weighted by Gasteiger charge is 2.10. The topological polar surface area (TPSA) is 66.1 Å². The van der Waals surface area contributed by atoms with Crippen molar-refractivity contribution in [2.24, 2.45) is 0 Å². The molecule has 1 aromatic carbocycles. The highest BCUT2D eigenvalue weighted by atomic mass is 19.1. The van der Waals surface area contributed by atoms with Gasteiger partial charge in [-0.3, -0.25) is 4.98 Å². The Morgan fingerprint density at radius 2 is 2.16 bits per heavy atom. The Kier molecular flexibility index (Phi) is 3.74. The summed E-state index contributed by atoms with van der Waals surface area (Å²) in [5.41, 5.74) is 0.356. The van der Waals surface area contributed by atoms with Crippen LogP contribution in [0.4, 0.5) is 4.39 Å². The molecule has 0 radical (unpaired) electrons. The zero-order valence-corrected chi connectivity index (χ0v) is 10.2. The highest BCUT2D eigenvalue weighted by molar-refractivity contribution is 5.45. The number of nitrogens with zero attached hydrogens (tertiary/aromatic N) is 2. The number of hydrogen-bond donors (Lipinski definition) is 1. The van der Waals surface area contributed by atoms with Gasteiger partial charge in [0.2, 0.25) is 0 Å². The van der Waals surface area contributed by atoms with Gasteiger partial charge in [-0.25, -0.2) is 4.39 Å². The van der Waals surface area contributed by atoms with Crippen molar-refractivity contribution in [3.63, 3.8) is 0 Å². The van der Waals surface area contributed by atoms with Gasteiger partial charge in [0.1, 0.15) is 28.9 Å². The first-order valence-electron chi connectivity index (χ1n) is 5.62. The van der Waals surface area contributed by atoms with Crippen LogP contribution in [0.5, 0.6) is 11.5 Å². The van der Waals surface area contributed by atoms with Crippen LogP contribution in [0.3, 0.4) is 0 Å². The van der Waals surface area contributed by atoms with Crippen LogP contribution in [0.2, 0.25) is 0 Å². The number of benzene rings is 1. The van der Waals surface area contributed by atoms with Gasteiger partial charge in [0.05, 0.1) is 18.0 Å². The van der Waals surface area contributed by atoms with Crippen molar-refractivity contribution in [2.75, 3.05) is 0 Å². The first kappa shape index (κ1) is 13.0. The molecule has 1 N–H and O–H groups in total. The van der Waals surface area contributed by atoms with Gasteiger partial charge in [-0.2, -0.15) is 5.26 Å². The van der Waals surface area contributed by atoms with E-state index in [1.165, 1.54) is 24.4 Å². The predicted octanol–water partition coefficient (Wildman–Crippen LogP) is 2.94. The Hall–Kier alpha value is -2.45. The standard InChI is InChI=1S/C14H11FN2O2/c1-9(18)13-6-5-10(8-17-13)19-14-4-2-3-12(15)11(14)7-16/h2-6,8-9,18H,1H3/t9-/m0/s1. The summed E-state index contributed by atoms with van der Waals surface area (Å²) >= 11 is 0. The highest BCUT2D eigenvalue weighted by Crippen LogP contribution is 2.26. The molecule has 0 spiro atoms. The minimum absolute atomic E-state index is 0.133. The predicted molar refractivity (Wildman–Crippen MR) is 66.1 cm³/mol. The van der Waals surface area contributed by atoms with Crippen molar-refractivity contribution in [3.8, 4) is 17.6 Å². The maximum Gasteiger partial charge on any atom is 0.148 e. The largest absolute Gasteiger partial charge is 0.454 e. The Labute approximate surface area is 109 Å². The van der Waals surface area contributed by atoms with Gasteiger partial charge < -0.3 is 9.84 Å². The lowest BCUT2D eigenvalue weighted by Crippen LogP contribution is -1.96. The van der Waals surface area contributed by atoms with Crippen molar-refractivity contribution in [2.45, 2.75) is 13.0 Å². The van der Waals surface area contributed by atoms with Crippen LogP contribution in [0.25, 0.3) is 0 Å². The van der Waals surface area contributed by atoms with Gasteiger partial charge in [-0.1, -0.05) is 6.07 Å². The van der Waals surface area contributed by atoms with E-state index in [1.807, 2.05) is 0 Å². The Morgan fingerprint density at radius 3 is 2.74 bits per heavy atom. The summed E-state index contributed by atoms with van der Waals surface area (Å²) < 4.78 is 18.8. The molecule has 2 rings (SSSR count). The maximum absolute atomic E-state index is 13.4. The monoisotopic (exact) mass is 258 g/mol. The second-order valence-corrected chi connectivity index (χ2v) is 3.92. The van der Waals surface area contributed by atoms with Crippen LogP contribution >= 0.6 is 0 Å². The third kappa shape index (κ3) is 2.87. The van der Waals surface area contributed by atoms with Gasteiger partial charge in [0, 0.05) is 0 Å². The van der Waals surface area contributed by atoms with E-state index in [1.54, 1.807) is 25.1 Å². The smallest absolute Gasteiger partial charge is 0.148 e. The van der Waals surface area contributed by atoms with E-state index in [0.29, 0.717) is 11.4 Å². The van der Waals surface area contributed by atoms with Gasteiger partial charge >= 0.3 is 0 Å². The number of aliphatic hydroxyl groups is 1. The summed E-state index contributed by atoms with van der Waals surface area (Å²) in [4.78, 5) is 4.00. The van der Waals surface area contributed by atoms with E-state index in [0.717, 1.165) is 0 Å². The first-order chi connectivity index (χ1) is 9.11. The fraction of sp³-hybridized carbons (Fsp3) is 0.143. The molecule has 1 atom stereocenters. The lowest BCUT2D eigenvalue weighted by atomic mass is 10.2. The van der Waals surface area contributed by atoms with Crippen LogP contribution in [0.1, 0.15) is 24.3 Å². The number of halogens is 1.